The van der Waals surface area contributed by atoms with Gasteiger partial charge in [0.05, 0.1) is 18.9 Å². The molecule has 4 N–H and O–H groups in total. The molecule has 1 aromatic heterocycles. The molecule has 0 radical (unpaired) electrons. The van der Waals surface area contributed by atoms with Gasteiger partial charge in [-0.25, -0.2) is 14.6 Å². The van der Waals surface area contributed by atoms with Crippen molar-refractivity contribution in [2.45, 2.75) is 10.5 Å². The Bertz CT molecular complexity index is 1050. The summed E-state index contributed by atoms with van der Waals surface area (Å²) in [6, 6.07) is 11.6. The third-order valence-electron chi connectivity index (χ3n) is 4.16. The maximum absolute atomic E-state index is 12.4. The molecule has 3 amide bonds. The highest BCUT2D eigenvalue weighted by Crippen LogP contribution is 2.33. The molecule has 1 atom stereocenters. The average Bonchev–Trinajstić information content (AvgIpc) is 3.21. The quantitative estimate of drug-likeness (QED) is 0.208. The van der Waals surface area contributed by atoms with Crippen LogP contribution in [0.15, 0.2) is 59.5 Å². The zero-order chi connectivity index (χ0) is 21.7. The van der Waals surface area contributed by atoms with E-state index in [4.69, 9.17) is 14.3 Å². The summed E-state index contributed by atoms with van der Waals surface area (Å²) in [5.41, 5.74) is 2.45. The Labute approximate surface area is 186 Å². The topological polar surface area (TPSA) is 126 Å². The number of carbonyl (C=O) groups is 2. The second kappa shape index (κ2) is 9.03. The van der Waals surface area contributed by atoms with Gasteiger partial charge in [-0.2, -0.15) is 0 Å². The smallest absolute Gasteiger partial charge is 0.405 e. The van der Waals surface area contributed by atoms with Crippen molar-refractivity contribution in [3.63, 3.8) is 0 Å². The summed E-state index contributed by atoms with van der Waals surface area (Å²) in [7, 11) is 1.52. The van der Waals surface area contributed by atoms with Crippen molar-refractivity contribution >= 4 is 46.1 Å². The van der Waals surface area contributed by atoms with Gasteiger partial charge in [0.1, 0.15) is 9.30 Å². The fraction of sp³-hybridized carbons (Fsp3) is 0.150. The van der Waals surface area contributed by atoms with Crippen molar-refractivity contribution < 1.29 is 23.8 Å². The van der Waals surface area contributed by atoms with Gasteiger partial charge in [-0.15, -0.1) is 0 Å². The maximum Gasteiger partial charge on any atom is 0.405 e. The molecule has 10 heteroatoms. The standard InChI is InChI=1S/C20H19IN4O5/c1-20(21,25-19(27)28)12-4-3-5-13(8-12)23-18(26)24-14-6-7-15(16(9-14)29-2)17-10-22-11-30-17/h3-11,25H,1-2H3,(H,27,28)(H2,23,24,26). The number of anilines is 2. The van der Waals surface area contributed by atoms with Crippen LogP contribution in [-0.4, -0.2) is 29.3 Å². The number of nitrogens with one attached hydrogen (secondary N) is 3. The predicted molar refractivity (Wildman–Crippen MR) is 120 cm³/mol. The van der Waals surface area contributed by atoms with Crippen LogP contribution in [0.3, 0.4) is 0 Å². The van der Waals surface area contributed by atoms with Crippen molar-refractivity contribution in [3.05, 3.63) is 60.6 Å². The van der Waals surface area contributed by atoms with Gasteiger partial charge in [0.15, 0.2) is 12.2 Å². The molecule has 30 heavy (non-hydrogen) atoms. The van der Waals surface area contributed by atoms with E-state index in [9.17, 15) is 9.59 Å². The van der Waals surface area contributed by atoms with E-state index < -0.39 is 15.7 Å². The normalized spacial score (nSPS) is 12.5. The lowest BCUT2D eigenvalue weighted by molar-refractivity contribution is 0.190. The second-order valence-electron chi connectivity index (χ2n) is 6.37. The van der Waals surface area contributed by atoms with E-state index in [2.05, 4.69) is 20.9 Å². The van der Waals surface area contributed by atoms with Crippen LogP contribution in [-0.2, 0) is 3.55 Å². The number of hydrogen-bond acceptors (Lipinski definition) is 5. The van der Waals surface area contributed by atoms with E-state index >= 15 is 0 Å². The van der Waals surface area contributed by atoms with Gasteiger partial charge < -0.3 is 30.2 Å². The number of oxazole rings is 1. The third-order valence-corrected chi connectivity index (χ3v) is 5.05. The van der Waals surface area contributed by atoms with E-state index in [0.717, 1.165) is 0 Å². The highest BCUT2D eigenvalue weighted by molar-refractivity contribution is 14.1. The molecular weight excluding hydrogens is 503 g/mol. The number of ether oxygens (including phenoxy) is 1. The van der Waals surface area contributed by atoms with Crippen LogP contribution in [0.5, 0.6) is 5.75 Å². The Hall–Kier alpha value is -3.28. The Balaban J connectivity index is 1.72. The van der Waals surface area contributed by atoms with E-state index in [-0.39, 0.29) is 0 Å². The Morgan fingerprint density at radius 1 is 1.17 bits per heavy atom. The number of rotatable bonds is 6. The van der Waals surface area contributed by atoms with E-state index in [1.165, 1.54) is 13.5 Å². The van der Waals surface area contributed by atoms with E-state index in [1.807, 2.05) is 22.6 Å². The number of nitrogens with zero attached hydrogens (tertiary/aromatic N) is 1. The molecule has 3 rings (SSSR count). The Morgan fingerprint density at radius 2 is 1.90 bits per heavy atom. The van der Waals surface area contributed by atoms with Crippen LogP contribution in [0.4, 0.5) is 21.0 Å². The number of halogens is 1. The first-order valence-corrected chi connectivity index (χ1v) is 9.82. The summed E-state index contributed by atoms with van der Waals surface area (Å²) in [5, 5.41) is 16.9. The molecule has 0 fully saturated rings. The minimum atomic E-state index is -1.13. The highest BCUT2D eigenvalue weighted by atomic mass is 127. The van der Waals surface area contributed by atoms with Gasteiger partial charge in [-0.1, -0.05) is 12.1 Å². The summed E-state index contributed by atoms with van der Waals surface area (Å²) < 4.78 is 9.83. The molecule has 0 saturated carbocycles. The van der Waals surface area contributed by atoms with Crippen molar-refractivity contribution in [3.8, 4) is 17.1 Å². The number of alkyl halides is 1. The summed E-state index contributed by atoms with van der Waals surface area (Å²) in [6.45, 7) is 1.73. The Kier molecular flexibility index (Phi) is 6.45. The summed E-state index contributed by atoms with van der Waals surface area (Å²) in [5.74, 6) is 1.07. The van der Waals surface area contributed by atoms with Crippen LogP contribution < -0.4 is 20.7 Å². The minimum absolute atomic E-state index is 0.456. The molecule has 0 aliphatic heterocycles. The minimum Gasteiger partial charge on any atom is -0.496 e. The first-order chi connectivity index (χ1) is 14.3. The van der Waals surface area contributed by atoms with Crippen LogP contribution in [0.2, 0.25) is 0 Å². The zero-order valence-electron chi connectivity index (χ0n) is 16.1. The Morgan fingerprint density at radius 3 is 2.53 bits per heavy atom. The molecule has 0 aliphatic rings. The zero-order valence-corrected chi connectivity index (χ0v) is 18.3. The first kappa shape index (κ1) is 21.4. The average molecular weight is 522 g/mol. The molecule has 1 unspecified atom stereocenters. The fourth-order valence-electron chi connectivity index (χ4n) is 2.78. The number of urea groups is 1. The molecule has 9 nitrogen and oxygen atoms in total. The predicted octanol–water partition coefficient (Wildman–Crippen LogP) is 4.87. The largest absolute Gasteiger partial charge is 0.496 e. The van der Waals surface area contributed by atoms with Crippen LogP contribution >= 0.6 is 22.6 Å². The van der Waals surface area contributed by atoms with E-state index in [0.29, 0.717) is 34.0 Å². The fourth-order valence-corrected chi connectivity index (χ4v) is 3.34. The van der Waals surface area contributed by atoms with Crippen molar-refractivity contribution in [2.75, 3.05) is 17.7 Å². The number of methoxy groups -OCH3 is 1. The number of aromatic nitrogens is 1. The van der Waals surface area contributed by atoms with Gasteiger partial charge in [0.2, 0.25) is 0 Å². The van der Waals surface area contributed by atoms with Crippen LogP contribution in [0, 0.1) is 0 Å². The third kappa shape index (κ3) is 5.20. The first-order valence-electron chi connectivity index (χ1n) is 8.74. The van der Waals surface area contributed by atoms with Gasteiger partial charge in [0.25, 0.3) is 0 Å². The molecule has 0 saturated heterocycles. The van der Waals surface area contributed by atoms with E-state index in [1.54, 1.807) is 55.6 Å². The molecule has 0 spiro atoms. The second-order valence-corrected chi connectivity index (χ2v) is 8.53. The maximum atomic E-state index is 12.4. The van der Waals surface area contributed by atoms with Gasteiger partial charge >= 0.3 is 12.1 Å². The number of benzene rings is 2. The SMILES string of the molecule is COc1cc(NC(=O)Nc2cccc(C(C)(I)NC(=O)O)c2)ccc1-c1cnco1. The van der Waals surface area contributed by atoms with Crippen molar-refractivity contribution in [2.24, 2.45) is 0 Å². The molecule has 0 aliphatic carbocycles. The van der Waals surface area contributed by atoms with Crippen molar-refractivity contribution in [1.29, 1.82) is 0 Å². The number of carboxylic acid groups (broad SMARTS) is 1. The molecular formula is C20H19IN4O5. The molecule has 1 heterocycles. The van der Waals surface area contributed by atoms with Gasteiger partial charge in [0, 0.05) is 17.4 Å². The summed E-state index contributed by atoms with van der Waals surface area (Å²) >= 11 is 1.99. The lowest BCUT2D eigenvalue weighted by atomic mass is 10.1. The molecule has 3 aromatic rings. The number of hydrogen-bond donors (Lipinski definition) is 4. The van der Waals surface area contributed by atoms with Crippen LogP contribution in [0.25, 0.3) is 11.3 Å². The lowest BCUT2D eigenvalue weighted by Crippen LogP contribution is -2.37. The van der Waals surface area contributed by atoms with Crippen molar-refractivity contribution in [1.82, 2.24) is 10.3 Å². The highest BCUT2D eigenvalue weighted by Gasteiger charge is 2.25. The molecule has 156 valence electrons. The summed E-state index contributed by atoms with van der Waals surface area (Å²) in [4.78, 5) is 27.3. The lowest BCUT2D eigenvalue weighted by Gasteiger charge is -2.23. The monoisotopic (exact) mass is 522 g/mol. The molecule has 0 bridgehead atoms. The number of carbonyl (C=O) groups excluding carboxylic acids is 1. The molecule has 2 aromatic carbocycles. The van der Waals surface area contributed by atoms with Gasteiger partial charge in [-0.3, -0.25) is 0 Å². The van der Waals surface area contributed by atoms with Crippen LogP contribution in [0.1, 0.15) is 12.5 Å². The number of amides is 3. The van der Waals surface area contributed by atoms with Gasteiger partial charge in [-0.05, 0) is 59.3 Å². The summed E-state index contributed by atoms with van der Waals surface area (Å²) in [6.07, 6.45) is 1.77.